The first kappa shape index (κ1) is 16.5. The van der Waals surface area contributed by atoms with Crippen LogP contribution in [0.3, 0.4) is 0 Å². The van der Waals surface area contributed by atoms with Gasteiger partial charge in [0.05, 0.1) is 10.4 Å². The summed E-state index contributed by atoms with van der Waals surface area (Å²) in [5.74, 6) is 0. The van der Waals surface area contributed by atoms with Crippen LogP contribution < -0.4 is 0 Å². The van der Waals surface area contributed by atoms with E-state index >= 15 is 0 Å². The molecule has 0 radical (unpaired) electrons. The third-order valence-corrected chi connectivity index (χ3v) is 6.38. The standard InChI is InChI=1S/C25H16N2OS/c1-15-10-11-19-18-8-5-9-20(24(18)28-25(19)27-15)21-12-17-13-22(29-23(17)14-26-21)16-6-3-2-4-7-16/h2-14H,1H3. The smallest absolute Gasteiger partial charge is 0.227 e. The first-order valence-electron chi connectivity index (χ1n) is 9.50. The summed E-state index contributed by atoms with van der Waals surface area (Å²) < 4.78 is 7.34. The molecule has 0 saturated heterocycles. The molecular weight excluding hydrogens is 376 g/mol. The zero-order valence-corrected chi connectivity index (χ0v) is 16.5. The van der Waals surface area contributed by atoms with E-state index in [0.29, 0.717) is 5.71 Å². The molecule has 138 valence electrons. The molecule has 0 bridgehead atoms. The van der Waals surface area contributed by atoms with Gasteiger partial charge >= 0.3 is 0 Å². The van der Waals surface area contributed by atoms with E-state index in [1.807, 2.05) is 25.3 Å². The van der Waals surface area contributed by atoms with Crippen LogP contribution in [-0.4, -0.2) is 9.97 Å². The van der Waals surface area contributed by atoms with Gasteiger partial charge in [0.1, 0.15) is 5.58 Å². The van der Waals surface area contributed by atoms with Crippen LogP contribution in [0.1, 0.15) is 5.69 Å². The molecule has 6 aromatic rings. The topological polar surface area (TPSA) is 38.9 Å². The molecule has 0 aliphatic rings. The van der Waals surface area contributed by atoms with E-state index in [1.165, 1.54) is 20.5 Å². The van der Waals surface area contributed by atoms with E-state index < -0.39 is 0 Å². The van der Waals surface area contributed by atoms with E-state index in [9.17, 15) is 0 Å². The lowest BCUT2D eigenvalue weighted by Crippen LogP contribution is -1.83. The Morgan fingerprint density at radius 2 is 1.76 bits per heavy atom. The molecule has 3 nitrogen and oxygen atoms in total. The minimum absolute atomic E-state index is 0.676. The largest absolute Gasteiger partial charge is 0.437 e. The Bertz CT molecular complexity index is 1510. The van der Waals surface area contributed by atoms with Gasteiger partial charge < -0.3 is 4.42 Å². The number of benzene rings is 2. The molecule has 2 aromatic carbocycles. The number of furan rings is 1. The second-order valence-corrected chi connectivity index (χ2v) is 8.26. The third kappa shape index (κ3) is 2.64. The van der Waals surface area contributed by atoms with Gasteiger partial charge in [-0.3, -0.25) is 4.98 Å². The number of pyridine rings is 2. The third-order valence-electron chi connectivity index (χ3n) is 5.24. The molecule has 4 aromatic heterocycles. The molecule has 0 aliphatic heterocycles. The van der Waals surface area contributed by atoms with Gasteiger partial charge in [-0.05, 0) is 48.2 Å². The van der Waals surface area contributed by atoms with E-state index in [2.05, 4.69) is 65.6 Å². The van der Waals surface area contributed by atoms with Crippen molar-refractivity contribution in [3.05, 3.63) is 84.7 Å². The summed E-state index contributed by atoms with van der Waals surface area (Å²) >= 11 is 1.77. The van der Waals surface area contributed by atoms with Crippen molar-refractivity contribution in [1.82, 2.24) is 9.97 Å². The van der Waals surface area contributed by atoms with Gasteiger partial charge in [0.2, 0.25) is 5.71 Å². The summed E-state index contributed by atoms with van der Waals surface area (Å²) in [4.78, 5) is 10.6. The maximum Gasteiger partial charge on any atom is 0.227 e. The summed E-state index contributed by atoms with van der Waals surface area (Å²) in [5.41, 5.74) is 5.60. The van der Waals surface area contributed by atoms with Crippen molar-refractivity contribution >= 4 is 43.5 Å². The van der Waals surface area contributed by atoms with E-state index in [0.717, 1.165) is 33.3 Å². The van der Waals surface area contributed by atoms with Gasteiger partial charge in [0, 0.05) is 33.1 Å². The van der Waals surface area contributed by atoms with Crippen molar-refractivity contribution in [2.24, 2.45) is 0 Å². The molecular formula is C25H16N2OS. The summed E-state index contributed by atoms with van der Waals surface area (Å²) in [6.45, 7) is 1.98. The number of hydrogen-bond donors (Lipinski definition) is 0. The number of aryl methyl sites for hydroxylation is 1. The van der Waals surface area contributed by atoms with Crippen LogP contribution in [0.5, 0.6) is 0 Å². The molecule has 0 N–H and O–H groups in total. The molecule has 0 saturated carbocycles. The van der Waals surface area contributed by atoms with Gasteiger partial charge in [-0.1, -0.05) is 42.5 Å². The van der Waals surface area contributed by atoms with Gasteiger partial charge in [-0.2, -0.15) is 0 Å². The van der Waals surface area contributed by atoms with Crippen molar-refractivity contribution in [1.29, 1.82) is 0 Å². The lowest BCUT2D eigenvalue weighted by atomic mass is 10.1. The molecule has 6 rings (SSSR count). The summed E-state index contributed by atoms with van der Waals surface area (Å²) in [6, 6.07) is 25.2. The molecule has 0 fully saturated rings. The minimum atomic E-state index is 0.676. The fourth-order valence-corrected chi connectivity index (χ4v) is 4.83. The van der Waals surface area contributed by atoms with Crippen LogP contribution in [0.2, 0.25) is 0 Å². The maximum atomic E-state index is 6.16. The van der Waals surface area contributed by atoms with Crippen molar-refractivity contribution in [2.45, 2.75) is 6.92 Å². The van der Waals surface area contributed by atoms with Crippen LogP contribution in [-0.2, 0) is 0 Å². The van der Waals surface area contributed by atoms with Gasteiger partial charge in [-0.25, -0.2) is 4.98 Å². The average Bonchev–Trinajstić information content (AvgIpc) is 3.34. The normalized spacial score (nSPS) is 11.6. The number of hydrogen-bond acceptors (Lipinski definition) is 4. The number of thiophene rings is 1. The predicted molar refractivity (Wildman–Crippen MR) is 120 cm³/mol. The lowest BCUT2D eigenvalue weighted by Gasteiger charge is -2.02. The van der Waals surface area contributed by atoms with E-state index in [1.54, 1.807) is 11.3 Å². The average molecular weight is 392 g/mol. The Hall–Kier alpha value is -3.50. The predicted octanol–water partition coefficient (Wildman–Crippen LogP) is 7.23. The van der Waals surface area contributed by atoms with Crippen molar-refractivity contribution < 1.29 is 4.42 Å². The number of aromatic nitrogens is 2. The van der Waals surface area contributed by atoms with Crippen LogP contribution in [0, 0.1) is 6.92 Å². The molecule has 4 heterocycles. The molecule has 4 heteroatoms. The van der Waals surface area contributed by atoms with Crippen LogP contribution >= 0.6 is 11.3 Å². The van der Waals surface area contributed by atoms with Gasteiger partial charge in [-0.15, -0.1) is 11.3 Å². The second kappa shape index (κ2) is 6.26. The highest BCUT2D eigenvalue weighted by Gasteiger charge is 2.15. The van der Waals surface area contributed by atoms with Crippen LogP contribution in [0.15, 0.2) is 83.4 Å². The number of nitrogens with zero attached hydrogens (tertiary/aromatic N) is 2. The minimum Gasteiger partial charge on any atom is -0.437 e. The summed E-state index contributed by atoms with van der Waals surface area (Å²) in [5, 5.41) is 3.30. The van der Waals surface area contributed by atoms with Crippen molar-refractivity contribution in [3.63, 3.8) is 0 Å². The fourth-order valence-electron chi connectivity index (χ4n) is 3.81. The Morgan fingerprint density at radius 3 is 2.66 bits per heavy atom. The molecule has 0 spiro atoms. The number of fused-ring (bicyclic) bond motifs is 4. The molecule has 0 atom stereocenters. The highest BCUT2D eigenvalue weighted by Crippen LogP contribution is 2.38. The van der Waals surface area contributed by atoms with Crippen LogP contribution in [0.25, 0.3) is 53.9 Å². The molecule has 0 aliphatic carbocycles. The van der Waals surface area contributed by atoms with Gasteiger partial charge in [0.15, 0.2) is 0 Å². The highest BCUT2D eigenvalue weighted by molar-refractivity contribution is 7.22. The zero-order valence-electron chi connectivity index (χ0n) is 15.7. The Balaban J connectivity index is 1.54. The summed E-state index contributed by atoms with van der Waals surface area (Å²) in [6.07, 6.45) is 1.96. The second-order valence-electron chi connectivity index (χ2n) is 7.17. The molecule has 0 unspecified atom stereocenters. The number of para-hydroxylation sites is 1. The number of rotatable bonds is 2. The van der Waals surface area contributed by atoms with Crippen molar-refractivity contribution in [2.75, 3.05) is 0 Å². The first-order chi connectivity index (χ1) is 14.3. The lowest BCUT2D eigenvalue weighted by molar-refractivity contribution is 0.653. The van der Waals surface area contributed by atoms with Gasteiger partial charge in [0.25, 0.3) is 0 Å². The first-order valence-corrected chi connectivity index (χ1v) is 10.3. The van der Waals surface area contributed by atoms with E-state index in [4.69, 9.17) is 9.40 Å². The molecule has 29 heavy (non-hydrogen) atoms. The molecule has 0 amide bonds. The van der Waals surface area contributed by atoms with E-state index in [-0.39, 0.29) is 0 Å². The Kier molecular flexibility index (Phi) is 3.55. The van der Waals surface area contributed by atoms with Crippen molar-refractivity contribution in [3.8, 4) is 21.7 Å². The Morgan fingerprint density at radius 1 is 0.862 bits per heavy atom. The fraction of sp³-hybridized carbons (Fsp3) is 0.0400. The quantitative estimate of drug-likeness (QED) is 0.312. The maximum absolute atomic E-state index is 6.16. The monoisotopic (exact) mass is 392 g/mol. The SMILES string of the molecule is Cc1ccc2c(n1)oc1c(-c3cc4cc(-c5ccccc5)sc4cn3)cccc12. The Labute approximate surface area is 171 Å². The highest BCUT2D eigenvalue weighted by atomic mass is 32.1. The zero-order chi connectivity index (χ0) is 19.4. The summed E-state index contributed by atoms with van der Waals surface area (Å²) in [7, 11) is 0. The van der Waals surface area contributed by atoms with Crippen LogP contribution in [0.4, 0.5) is 0 Å².